The lowest BCUT2D eigenvalue weighted by Crippen LogP contribution is -2.34. The second-order valence-electron chi connectivity index (χ2n) is 4.89. The summed E-state index contributed by atoms with van der Waals surface area (Å²) < 4.78 is 0.772. The molecule has 1 N–H and O–H groups in total. The fourth-order valence-corrected chi connectivity index (χ4v) is 3.76. The molecule has 1 fully saturated rings. The van der Waals surface area contributed by atoms with E-state index >= 15 is 0 Å². The van der Waals surface area contributed by atoms with Crippen LogP contribution in [0.15, 0.2) is 22.7 Å². The van der Waals surface area contributed by atoms with E-state index in [2.05, 4.69) is 37.2 Å². The van der Waals surface area contributed by atoms with E-state index in [9.17, 15) is 4.79 Å². The van der Waals surface area contributed by atoms with Gasteiger partial charge in [0, 0.05) is 20.9 Å². The van der Waals surface area contributed by atoms with E-state index in [0.29, 0.717) is 27.9 Å². The topological polar surface area (TPSA) is 29.1 Å². The molecule has 0 saturated heterocycles. The van der Waals surface area contributed by atoms with Crippen molar-refractivity contribution in [3.8, 4) is 0 Å². The minimum atomic E-state index is -0.0698. The van der Waals surface area contributed by atoms with Crippen LogP contribution in [0.4, 0.5) is 0 Å². The summed E-state index contributed by atoms with van der Waals surface area (Å²) in [6.45, 7) is 0.716. The van der Waals surface area contributed by atoms with Gasteiger partial charge in [-0.25, -0.2) is 0 Å². The zero-order valence-corrected chi connectivity index (χ0v) is 14.4. The van der Waals surface area contributed by atoms with Gasteiger partial charge in [0.1, 0.15) is 0 Å². The SMILES string of the molecule is O=C(NCC1CCCCC1Br)c1cc(Cl)ccc1Br. The molecule has 2 rings (SSSR count). The second kappa shape index (κ2) is 7.09. The number of amides is 1. The molecule has 2 nitrogen and oxygen atoms in total. The molecule has 1 amide bonds. The molecule has 2 atom stereocenters. The molecule has 1 aliphatic carbocycles. The highest BCUT2D eigenvalue weighted by Crippen LogP contribution is 2.29. The summed E-state index contributed by atoms with van der Waals surface area (Å²) in [5, 5.41) is 3.58. The maximum absolute atomic E-state index is 12.2. The fourth-order valence-electron chi connectivity index (χ4n) is 2.38. The number of nitrogens with one attached hydrogen (secondary N) is 1. The molecule has 0 aliphatic heterocycles. The van der Waals surface area contributed by atoms with Crippen molar-refractivity contribution in [2.75, 3.05) is 6.54 Å². The lowest BCUT2D eigenvalue weighted by Gasteiger charge is -2.27. The maximum atomic E-state index is 12.2. The van der Waals surface area contributed by atoms with Gasteiger partial charge in [0.15, 0.2) is 0 Å². The Hall–Kier alpha value is -0.0600. The lowest BCUT2D eigenvalue weighted by molar-refractivity contribution is 0.0943. The zero-order chi connectivity index (χ0) is 13.8. The first kappa shape index (κ1) is 15.3. The Labute approximate surface area is 135 Å². The predicted octanol–water partition coefficient (Wildman–Crippen LogP) is 4.79. The smallest absolute Gasteiger partial charge is 0.252 e. The van der Waals surface area contributed by atoms with Gasteiger partial charge in [-0.2, -0.15) is 0 Å². The number of halogens is 3. The number of carbonyl (C=O) groups is 1. The molecule has 0 spiro atoms. The zero-order valence-electron chi connectivity index (χ0n) is 10.5. The normalized spacial score (nSPS) is 23.1. The summed E-state index contributed by atoms with van der Waals surface area (Å²) in [5.41, 5.74) is 0.592. The molecule has 0 heterocycles. The Bertz CT molecular complexity index is 467. The van der Waals surface area contributed by atoms with Gasteiger partial charge in [-0.05, 0) is 52.9 Å². The molecule has 0 bridgehead atoms. The summed E-state index contributed by atoms with van der Waals surface area (Å²) in [4.78, 5) is 12.7. The molecule has 5 heteroatoms. The van der Waals surface area contributed by atoms with E-state index in [1.807, 2.05) is 0 Å². The van der Waals surface area contributed by atoms with Crippen LogP contribution in [0, 0.1) is 5.92 Å². The van der Waals surface area contributed by atoms with Crippen LogP contribution in [-0.4, -0.2) is 17.3 Å². The molecule has 0 radical (unpaired) electrons. The number of hydrogen-bond donors (Lipinski definition) is 1. The number of alkyl halides is 1. The minimum absolute atomic E-state index is 0.0698. The van der Waals surface area contributed by atoms with Crippen molar-refractivity contribution in [3.63, 3.8) is 0 Å². The van der Waals surface area contributed by atoms with Gasteiger partial charge in [0.2, 0.25) is 0 Å². The van der Waals surface area contributed by atoms with E-state index in [0.717, 1.165) is 4.47 Å². The first-order chi connectivity index (χ1) is 9.08. The van der Waals surface area contributed by atoms with Crippen LogP contribution in [0.25, 0.3) is 0 Å². The van der Waals surface area contributed by atoms with Crippen molar-refractivity contribution in [2.45, 2.75) is 30.5 Å². The van der Waals surface area contributed by atoms with Crippen LogP contribution < -0.4 is 5.32 Å². The van der Waals surface area contributed by atoms with Crippen molar-refractivity contribution in [1.82, 2.24) is 5.32 Å². The Morgan fingerprint density at radius 3 is 2.84 bits per heavy atom. The van der Waals surface area contributed by atoms with Crippen molar-refractivity contribution in [3.05, 3.63) is 33.3 Å². The minimum Gasteiger partial charge on any atom is -0.352 e. The van der Waals surface area contributed by atoms with Crippen molar-refractivity contribution in [1.29, 1.82) is 0 Å². The van der Waals surface area contributed by atoms with Crippen LogP contribution in [0.1, 0.15) is 36.0 Å². The van der Waals surface area contributed by atoms with Gasteiger partial charge in [0.25, 0.3) is 5.91 Å². The van der Waals surface area contributed by atoms with Crippen molar-refractivity contribution < 1.29 is 4.79 Å². The molecule has 1 aromatic carbocycles. The van der Waals surface area contributed by atoms with E-state index in [-0.39, 0.29) is 5.91 Å². The van der Waals surface area contributed by atoms with Gasteiger partial charge in [0.05, 0.1) is 5.56 Å². The Morgan fingerprint density at radius 1 is 1.37 bits per heavy atom. The Balaban J connectivity index is 1.95. The number of rotatable bonds is 3. The summed E-state index contributed by atoms with van der Waals surface area (Å²) in [6, 6.07) is 5.25. The highest BCUT2D eigenvalue weighted by molar-refractivity contribution is 9.10. The quantitative estimate of drug-likeness (QED) is 0.715. The van der Waals surface area contributed by atoms with Gasteiger partial charge >= 0.3 is 0 Å². The van der Waals surface area contributed by atoms with E-state index < -0.39 is 0 Å². The first-order valence-corrected chi connectivity index (χ1v) is 8.54. The Morgan fingerprint density at radius 2 is 2.11 bits per heavy atom. The van der Waals surface area contributed by atoms with E-state index in [4.69, 9.17) is 11.6 Å². The number of carbonyl (C=O) groups excluding carboxylic acids is 1. The summed E-state index contributed by atoms with van der Waals surface area (Å²) >= 11 is 13.0. The van der Waals surface area contributed by atoms with Gasteiger partial charge < -0.3 is 5.32 Å². The largest absolute Gasteiger partial charge is 0.352 e. The molecule has 1 aliphatic rings. The molecule has 1 saturated carbocycles. The predicted molar refractivity (Wildman–Crippen MR) is 86.2 cm³/mol. The summed E-state index contributed by atoms with van der Waals surface area (Å²) in [5.74, 6) is 0.454. The van der Waals surface area contributed by atoms with E-state index in [1.165, 1.54) is 25.7 Å². The van der Waals surface area contributed by atoms with E-state index in [1.54, 1.807) is 18.2 Å². The molecule has 1 aromatic rings. The van der Waals surface area contributed by atoms with Crippen molar-refractivity contribution in [2.24, 2.45) is 5.92 Å². The van der Waals surface area contributed by atoms with Crippen LogP contribution in [0.2, 0.25) is 5.02 Å². The summed E-state index contributed by atoms with van der Waals surface area (Å²) in [6.07, 6.45) is 4.90. The monoisotopic (exact) mass is 407 g/mol. The highest BCUT2D eigenvalue weighted by atomic mass is 79.9. The lowest BCUT2D eigenvalue weighted by atomic mass is 9.89. The maximum Gasteiger partial charge on any atom is 0.252 e. The van der Waals surface area contributed by atoms with Crippen LogP contribution in [-0.2, 0) is 0 Å². The fraction of sp³-hybridized carbons (Fsp3) is 0.500. The van der Waals surface area contributed by atoms with Crippen LogP contribution in [0.3, 0.4) is 0 Å². The molecule has 19 heavy (non-hydrogen) atoms. The van der Waals surface area contributed by atoms with Gasteiger partial charge in [-0.15, -0.1) is 0 Å². The molecular formula is C14H16Br2ClNO. The number of benzene rings is 1. The molecular weight excluding hydrogens is 393 g/mol. The van der Waals surface area contributed by atoms with Gasteiger partial charge in [-0.3, -0.25) is 4.79 Å². The summed E-state index contributed by atoms with van der Waals surface area (Å²) in [7, 11) is 0. The third-order valence-corrected chi connectivity index (χ3v) is 5.65. The van der Waals surface area contributed by atoms with Crippen LogP contribution in [0.5, 0.6) is 0 Å². The standard InChI is InChI=1S/C14H16Br2ClNO/c15-12-4-2-1-3-9(12)8-18-14(19)11-7-10(17)5-6-13(11)16/h5-7,9,12H,1-4,8H2,(H,18,19). The molecule has 2 unspecified atom stereocenters. The van der Waals surface area contributed by atoms with Crippen molar-refractivity contribution >= 4 is 49.4 Å². The average Bonchev–Trinajstić information content (AvgIpc) is 2.40. The van der Waals surface area contributed by atoms with Gasteiger partial charge in [-0.1, -0.05) is 40.4 Å². The van der Waals surface area contributed by atoms with Crippen LogP contribution >= 0.6 is 43.5 Å². The first-order valence-electron chi connectivity index (χ1n) is 6.45. The number of hydrogen-bond acceptors (Lipinski definition) is 1. The Kier molecular flexibility index (Phi) is 5.72. The third kappa shape index (κ3) is 4.20. The second-order valence-corrected chi connectivity index (χ2v) is 7.36. The molecule has 104 valence electrons. The highest BCUT2D eigenvalue weighted by Gasteiger charge is 2.23. The third-order valence-electron chi connectivity index (χ3n) is 3.51. The molecule has 0 aromatic heterocycles. The average molecular weight is 410 g/mol.